The van der Waals surface area contributed by atoms with Gasteiger partial charge in [-0.15, -0.1) is 12.4 Å². The molecule has 2 atom stereocenters. The van der Waals surface area contributed by atoms with Crippen LogP contribution in [0.1, 0.15) is 41.9 Å². The third-order valence-corrected chi connectivity index (χ3v) is 8.08. The van der Waals surface area contributed by atoms with E-state index in [-0.39, 0.29) is 24.7 Å². The van der Waals surface area contributed by atoms with Gasteiger partial charge < -0.3 is 10.1 Å². The maximum absolute atomic E-state index is 12.0. The second kappa shape index (κ2) is 11.2. The maximum Gasteiger partial charge on any atom is 0.211 e. The highest BCUT2D eigenvalue weighted by atomic mass is 35.5. The number of rotatable bonds is 10. The normalized spacial score (nSPS) is 20.3. The van der Waals surface area contributed by atoms with Gasteiger partial charge in [0.15, 0.2) is 0 Å². The average Bonchev–Trinajstić information content (AvgIpc) is 3.55. The minimum Gasteiger partial charge on any atom is -0.492 e. The monoisotopic (exact) mass is 498 g/mol. The number of sulfonamides is 1. The van der Waals surface area contributed by atoms with Crippen molar-refractivity contribution < 1.29 is 13.2 Å². The van der Waals surface area contributed by atoms with E-state index in [9.17, 15) is 8.42 Å². The lowest BCUT2D eigenvalue weighted by atomic mass is 9.76. The Morgan fingerprint density at radius 1 is 1.12 bits per heavy atom. The molecule has 2 aromatic rings. The molecular weight excluding hydrogens is 467 g/mol. The average molecular weight is 500 g/mol. The van der Waals surface area contributed by atoms with Crippen molar-refractivity contribution in [3.05, 3.63) is 64.2 Å². The van der Waals surface area contributed by atoms with Crippen LogP contribution < -0.4 is 14.8 Å². The molecule has 0 radical (unpaired) electrons. The Kier molecular flexibility index (Phi) is 8.87. The summed E-state index contributed by atoms with van der Waals surface area (Å²) in [5, 5.41) is 4.25. The highest BCUT2D eigenvalue weighted by Crippen LogP contribution is 2.37. The van der Waals surface area contributed by atoms with Crippen LogP contribution in [0.5, 0.6) is 5.75 Å². The van der Waals surface area contributed by atoms with Crippen molar-refractivity contribution in [2.75, 3.05) is 26.0 Å². The molecule has 5 nitrogen and oxygen atoms in total. The molecule has 0 aliphatic heterocycles. The molecular formula is C24H32Cl2N2O3S. The van der Waals surface area contributed by atoms with E-state index in [1.54, 1.807) is 0 Å². The van der Waals surface area contributed by atoms with Gasteiger partial charge in [0.1, 0.15) is 12.4 Å². The largest absolute Gasteiger partial charge is 0.492 e. The van der Waals surface area contributed by atoms with E-state index < -0.39 is 10.0 Å². The van der Waals surface area contributed by atoms with Crippen molar-refractivity contribution in [1.29, 1.82) is 0 Å². The predicted molar refractivity (Wildman–Crippen MR) is 133 cm³/mol. The molecule has 0 heterocycles. The van der Waals surface area contributed by atoms with E-state index in [1.165, 1.54) is 16.7 Å². The van der Waals surface area contributed by atoms with Crippen LogP contribution in [0.4, 0.5) is 0 Å². The van der Waals surface area contributed by atoms with Crippen LogP contribution in [-0.2, 0) is 22.9 Å². The summed E-state index contributed by atoms with van der Waals surface area (Å²) < 4.78 is 32.6. The summed E-state index contributed by atoms with van der Waals surface area (Å²) in [6, 6.07) is 14.7. The molecule has 32 heavy (non-hydrogen) atoms. The Bertz CT molecular complexity index is 1010. The van der Waals surface area contributed by atoms with Gasteiger partial charge in [-0.1, -0.05) is 29.8 Å². The van der Waals surface area contributed by atoms with Gasteiger partial charge in [0.05, 0.1) is 5.75 Å². The molecule has 1 fully saturated rings. The first-order valence-corrected chi connectivity index (χ1v) is 13.1. The smallest absolute Gasteiger partial charge is 0.211 e. The second-order valence-corrected chi connectivity index (χ2v) is 11.0. The number of ether oxygens (including phenoxy) is 1. The van der Waals surface area contributed by atoms with Gasteiger partial charge in [0, 0.05) is 23.5 Å². The highest BCUT2D eigenvalue weighted by molar-refractivity contribution is 7.89. The number of likely N-dealkylation sites (N-methyl/N-ethyl adjacent to an activating group) is 1. The van der Waals surface area contributed by atoms with E-state index >= 15 is 0 Å². The van der Waals surface area contributed by atoms with Crippen LogP contribution in [0.15, 0.2) is 42.5 Å². The topological polar surface area (TPSA) is 67.4 Å². The highest BCUT2D eigenvalue weighted by Gasteiger charge is 2.29. The van der Waals surface area contributed by atoms with Gasteiger partial charge in [0.2, 0.25) is 10.0 Å². The summed E-state index contributed by atoms with van der Waals surface area (Å²) in [6.07, 6.45) is 5.09. The molecule has 8 heteroatoms. The van der Waals surface area contributed by atoms with E-state index in [0.717, 1.165) is 42.9 Å². The van der Waals surface area contributed by atoms with Gasteiger partial charge >= 0.3 is 0 Å². The number of fused-ring (bicyclic) bond motifs is 1. The van der Waals surface area contributed by atoms with Crippen LogP contribution >= 0.6 is 24.0 Å². The predicted octanol–water partition coefficient (Wildman–Crippen LogP) is 4.33. The van der Waals surface area contributed by atoms with Gasteiger partial charge in [0.25, 0.3) is 0 Å². The van der Waals surface area contributed by atoms with E-state index in [2.05, 4.69) is 28.2 Å². The number of hydrogen-bond acceptors (Lipinski definition) is 4. The van der Waals surface area contributed by atoms with Crippen molar-refractivity contribution in [2.45, 2.75) is 44.1 Å². The molecule has 0 spiro atoms. The molecule has 2 aliphatic rings. The number of nitrogens with one attached hydrogen (secondary N) is 2. The fraction of sp³-hybridized carbons (Fsp3) is 0.500. The first kappa shape index (κ1) is 25.3. The number of benzene rings is 2. The minimum atomic E-state index is -3.19. The third-order valence-electron chi connectivity index (χ3n) is 6.29. The Hall–Kier alpha value is -1.31. The van der Waals surface area contributed by atoms with Crippen LogP contribution in [0.3, 0.4) is 0 Å². The summed E-state index contributed by atoms with van der Waals surface area (Å²) in [5.41, 5.74) is 3.88. The lowest BCUT2D eigenvalue weighted by Gasteiger charge is -2.34. The Balaban J connectivity index is 0.00000289. The first-order chi connectivity index (χ1) is 14.9. The summed E-state index contributed by atoms with van der Waals surface area (Å²) in [5.74, 6) is 1.69. The lowest BCUT2D eigenvalue weighted by molar-refractivity contribution is 0.320. The van der Waals surface area contributed by atoms with Crippen molar-refractivity contribution in [3.63, 3.8) is 0 Å². The van der Waals surface area contributed by atoms with Gasteiger partial charge in [-0.3, -0.25) is 0 Å². The SMILES string of the molecule is CNC1CCc2ccc(OCCNS(=O)(=O)CC3CC3)cc2C1Cc1cccc(Cl)c1.Cl. The lowest BCUT2D eigenvalue weighted by Crippen LogP contribution is -2.37. The summed E-state index contributed by atoms with van der Waals surface area (Å²) in [4.78, 5) is 0. The summed E-state index contributed by atoms with van der Waals surface area (Å²) in [6.45, 7) is 0.605. The molecule has 0 saturated heterocycles. The zero-order valence-corrected chi connectivity index (χ0v) is 20.7. The van der Waals surface area contributed by atoms with Crippen molar-refractivity contribution in [1.82, 2.24) is 10.0 Å². The Labute approximate surface area is 202 Å². The zero-order valence-electron chi connectivity index (χ0n) is 18.3. The molecule has 2 aliphatic carbocycles. The van der Waals surface area contributed by atoms with Crippen LogP contribution in [0, 0.1) is 5.92 Å². The number of aryl methyl sites for hydroxylation is 1. The number of hydrogen-bond donors (Lipinski definition) is 2. The second-order valence-electron chi connectivity index (χ2n) is 8.70. The molecule has 2 N–H and O–H groups in total. The molecule has 2 unspecified atom stereocenters. The zero-order chi connectivity index (χ0) is 21.8. The fourth-order valence-electron chi connectivity index (χ4n) is 4.50. The molecule has 0 aromatic heterocycles. The summed E-state index contributed by atoms with van der Waals surface area (Å²) >= 11 is 6.21. The van der Waals surface area contributed by atoms with Crippen LogP contribution in [-0.4, -0.2) is 40.4 Å². The first-order valence-electron chi connectivity index (χ1n) is 11.1. The van der Waals surface area contributed by atoms with E-state index in [0.29, 0.717) is 24.5 Å². The molecule has 0 amide bonds. The Morgan fingerprint density at radius 3 is 2.66 bits per heavy atom. The molecule has 1 saturated carbocycles. The van der Waals surface area contributed by atoms with Crippen molar-refractivity contribution in [2.24, 2.45) is 5.92 Å². The maximum atomic E-state index is 12.0. The molecule has 4 rings (SSSR count). The van der Waals surface area contributed by atoms with Gasteiger partial charge in [-0.25, -0.2) is 13.1 Å². The quantitative estimate of drug-likeness (QED) is 0.478. The molecule has 2 aromatic carbocycles. The van der Waals surface area contributed by atoms with Crippen molar-refractivity contribution >= 4 is 34.0 Å². The van der Waals surface area contributed by atoms with Crippen LogP contribution in [0.25, 0.3) is 0 Å². The molecule has 176 valence electrons. The van der Waals surface area contributed by atoms with E-state index in [1.807, 2.05) is 31.3 Å². The van der Waals surface area contributed by atoms with Crippen LogP contribution in [0.2, 0.25) is 5.02 Å². The van der Waals surface area contributed by atoms with E-state index in [4.69, 9.17) is 16.3 Å². The van der Waals surface area contributed by atoms with Crippen molar-refractivity contribution in [3.8, 4) is 5.75 Å². The summed E-state index contributed by atoms with van der Waals surface area (Å²) in [7, 11) is -1.17. The minimum absolute atomic E-state index is 0. The third kappa shape index (κ3) is 6.84. The Morgan fingerprint density at radius 2 is 1.94 bits per heavy atom. The standard InChI is InChI=1S/C24H31ClN2O3S.ClH/c1-26-24-10-8-19-7-9-21(30-12-11-27-31(28,29)16-17-5-6-17)15-22(19)23(24)14-18-3-2-4-20(25)13-18;/h2-4,7,9,13,15,17,23-24,26-27H,5-6,8,10-12,14,16H2,1H3;1H. The molecule has 0 bridgehead atoms. The van der Waals surface area contributed by atoms with Gasteiger partial charge in [-0.2, -0.15) is 0 Å². The van der Waals surface area contributed by atoms with Gasteiger partial charge in [-0.05, 0) is 86.0 Å². The fourth-order valence-corrected chi connectivity index (χ4v) is 6.18. The number of halogens is 2.